The van der Waals surface area contributed by atoms with Crippen LogP contribution < -0.4 is 14.8 Å². The molecule has 1 aliphatic carbocycles. The number of benzene rings is 3. The van der Waals surface area contributed by atoms with Crippen molar-refractivity contribution in [1.29, 1.82) is 0 Å². The number of para-hydroxylation sites is 1. The Hall–Kier alpha value is -2.69. The van der Waals surface area contributed by atoms with Gasteiger partial charge >= 0.3 is 0 Å². The topological polar surface area (TPSA) is 59.9 Å². The fourth-order valence-electron chi connectivity index (χ4n) is 4.53. The molecule has 200 valence electrons. The van der Waals surface area contributed by atoms with Crippen LogP contribution in [-0.2, 0) is 19.4 Å². The Balaban J connectivity index is 1.42. The second-order valence-electron chi connectivity index (χ2n) is 9.15. The second kappa shape index (κ2) is 13.1. The molecule has 0 atom stereocenters. The van der Waals surface area contributed by atoms with E-state index in [1.807, 2.05) is 79.9 Å². The lowest BCUT2D eigenvalue weighted by Crippen LogP contribution is -2.14. The first-order chi connectivity index (χ1) is 19.0. The molecule has 0 fully saturated rings. The van der Waals surface area contributed by atoms with Crippen LogP contribution in [0.25, 0.3) is 0 Å². The minimum atomic E-state index is -0.103. The maximum Gasteiger partial charge on any atom is 0.259 e. The lowest BCUT2D eigenvalue weighted by Gasteiger charge is -2.15. The Bertz CT molecular complexity index is 1490. The number of amides is 1. The summed E-state index contributed by atoms with van der Waals surface area (Å²) in [5.41, 5.74) is 4.59. The average molecular weight is 715 g/mol. The molecule has 8 heteroatoms. The summed E-state index contributed by atoms with van der Waals surface area (Å²) >= 11 is 7.38. The van der Waals surface area contributed by atoms with Gasteiger partial charge in [-0.05, 0) is 108 Å². The fourth-order valence-corrected chi connectivity index (χ4v) is 6.80. The fraction of sp³-hybridized carbons (Fsp3) is 0.226. The summed E-state index contributed by atoms with van der Waals surface area (Å²) in [5.74, 6) is 1.29. The van der Waals surface area contributed by atoms with Gasteiger partial charge in [0.25, 0.3) is 5.91 Å². The molecular formula is C31H28BrIN2O3S. The first-order valence-corrected chi connectivity index (χ1v) is 15.6. The van der Waals surface area contributed by atoms with Crippen molar-refractivity contribution in [1.82, 2.24) is 0 Å². The number of nitrogens with one attached hydrogen (secondary N) is 1. The molecule has 0 aliphatic heterocycles. The third-order valence-electron chi connectivity index (χ3n) is 6.37. The number of fused-ring (bicyclic) bond motifs is 1. The molecule has 1 N–H and O–H groups in total. The molecule has 3 aromatic carbocycles. The third kappa shape index (κ3) is 6.91. The lowest BCUT2D eigenvalue weighted by atomic mass is 9.95. The number of anilines is 1. The first-order valence-electron chi connectivity index (χ1n) is 12.9. The van der Waals surface area contributed by atoms with E-state index >= 15 is 0 Å². The highest BCUT2D eigenvalue weighted by atomic mass is 127. The van der Waals surface area contributed by atoms with E-state index in [4.69, 9.17) is 14.5 Å². The highest BCUT2D eigenvalue weighted by Gasteiger charge is 2.25. The zero-order valence-corrected chi connectivity index (χ0v) is 26.1. The zero-order chi connectivity index (χ0) is 27.2. The summed E-state index contributed by atoms with van der Waals surface area (Å²) in [5, 5.41) is 3.81. The van der Waals surface area contributed by atoms with Crippen molar-refractivity contribution in [2.75, 3.05) is 11.9 Å². The molecule has 5 nitrogen and oxygen atoms in total. The molecule has 1 aromatic heterocycles. The van der Waals surface area contributed by atoms with Crippen LogP contribution in [0.3, 0.4) is 0 Å². The van der Waals surface area contributed by atoms with E-state index in [9.17, 15) is 4.79 Å². The maximum absolute atomic E-state index is 13.4. The van der Waals surface area contributed by atoms with E-state index in [2.05, 4.69) is 43.8 Å². The number of aryl methyl sites for hydroxylation is 1. The Morgan fingerprint density at radius 1 is 1.08 bits per heavy atom. The van der Waals surface area contributed by atoms with Gasteiger partial charge < -0.3 is 14.8 Å². The smallest absolute Gasteiger partial charge is 0.259 e. The van der Waals surface area contributed by atoms with Crippen molar-refractivity contribution in [2.45, 2.75) is 39.2 Å². The molecule has 0 saturated carbocycles. The van der Waals surface area contributed by atoms with E-state index < -0.39 is 0 Å². The molecular weight excluding hydrogens is 687 g/mol. The van der Waals surface area contributed by atoms with Gasteiger partial charge in [-0.2, -0.15) is 0 Å². The molecule has 4 aromatic rings. The van der Waals surface area contributed by atoms with Gasteiger partial charge in [-0.1, -0.05) is 46.3 Å². The number of ether oxygens (including phenoxy) is 2. The Labute approximate surface area is 254 Å². The Morgan fingerprint density at radius 3 is 2.62 bits per heavy atom. The quantitative estimate of drug-likeness (QED) is 0.139. The van der Waals surface area contributed by atoms with Crippen molar-refractivity contribution >= 4 is 72.7 Å². The van der Waals surface area contributed by atoms with E-state index in [1.165, 1.54) is 4.88 Å². The second-order valence-corrected chi connectivity index (χ2v) is 12.3. The van der Waals surface area contributed by atoms with E-state index in [0.717, 1.165) is 61.1 Å². The standard InChI is InChI=1S/C31H28BrIN2O3S/c1-2-37-26-17-21(16-25(33)29(26)38-19-20-12-14-22(32)15-13-20)18-34-31-28(24-10-6-7-11-27(24)39-31)30(36)35-23-8-4-3-5-9-23/h3-5,8-9,12-18H,2,6-7,10-11,19H2,1H3,(H,35,36). The van der Waals surface area contributed by atoms with Gasteiger partial charge in [-0.15, -0.1) is 11.3 Å². The summed E-state index contributed by atoms with van der Waals surface area (Å²) in [6, 6.07) is 21.6. The molecule has 5 rings (SSSR count). The summed E-state index contributed by atoms with van der Waals surface area (Å²) in [6.45, 7) is 2.92. The Morgan fingerprint density at radius 2 is 1.85 bits per heavy atom. The largest absolute Gasteiger partial charge is 0.490 e. The number of hydrogen-bond donors (Lipinski definition) is 1. The lowest BCUT2D eigenvalue weighted by molar-refractivity contribution is 0.102. The molecule has 1 aliphatic rings. The van der Waals surface area contributed by atoms with E-state index in [0.29, 0.717) is 30.3 Å². The number of hydrogen-bond acceptors (Lipinski definition) is 5. The number of aliphatic imine (C=N–C) groups is 1. The van der Waals surface area contributed by atoms with Gasteiger partial charge in [0.15, 0.2) is 11.5 Å². The Kier molecular flexibility index (Phi) is 9.36. The van der Waals surface area contributed by atoms with Gasteiger partial charge in [0.2, 0.25) is 0 Å². The molecule has 1 heterocycles. The van der Waals surface area contributed by atoms with Crippen LogP contribution in [0.1, 0.15) is 51.7 Å². The molecule has 0 spiro atoms. The van der Waals surface area contributed by atoms with Crippen LogP contribution in [0.4, 0.5) is 10.7 Å². The van der Waals surface area contributed by atoms with Crippen molar-refractivity contribution in [3.63, 3.8) is 0 Å². The number of halogens is 2. The van der Waals surface area contributed by atoms with Crippen molar-refractivity contribution < 1.29 is 14.3 Å². The first kappa shape index (κ1) is 27.9. The van der Waals surface area contributed by atoms with Crippen LogP contribution in [0.15, 0.2) is 76.2 Å². The number of thiophene rings is 1. The number of rotatable bonds is 9. The van der Waals surface area contributed by atoms with Crippen LogP contribution >= 0.6 is 49.9 Å². The number of nitrogens with zero attached hydrogens (tertiary/aromatic N) is 1. The van der Waals surface area contributed by atoms with E-state index in [1.54, 1.807) is 11.3 Å². The molecule has 1 amide bonds. The predicted octanol–water partition coefficient (Wildman–Crippen LogP) is 8.97. The third-order valence-corrected chi connectivity index (χ3v) is 8.90. The maximum atomic E-state index is 13.4. The molecule has 0 bridgehead atoms. The molecule has 0 unspecified atom stereocenters. The van der Waals surface area contributed by atoms with Gasteiger partial charge in [0, 0.05) is 21.3 Å². The average Bonchev–Trinajstić information content (AvgIpc) is 3.32. The van der Waals surface area contributed by atoms with Crippen LogP contribution in [0, 0.1) is 3.57 Å². The van der Waals surface area contributed by atoms with Crippen molar-refractivity contribution in [3.05, 3.63) is 102 Å². The predicted molar refractivity (Wildman–Crippen MR) is 171 cm³/mol. The van der Waals surface area contributed by atoms with Crippen molar-refractivity contribution in [2.24, 2.45) is 4.99 Å². The summed E-state index contributed by atoms with van der Waals surface area (Å²) in [4.78, 5) is 19.5. The number of carbonyl (C=O) groups excluding carboxylic acids is 1. The van der Waals surface area contributed by atoms with Crippen LogP contribution in [-0.4, -0.2) is 18.7 Å². The van der Waals surface area contributed by atoms with Gasteiger partial charge in [0.1, 0.15) is 11.6 Å². The molecule has 0 saturated heterocycles. The summed E-state index contributed by atoms with van der Waals surface area (Å²) in [6.07, 6.45) is 5.97. The van der Waals surface area contributed by atoms with Crippen molar-refractivity contribution in [3.8, 4) is 11.5 Å². The summed E-state index contributed by atoms with van der Waals surface area (Å²) < 4.78 is 14.1. The number of carbonyl (C=O) groups is 1. The van der Waals surface area contributed by atoms with Gasteiger partial charge in [0.05, 0.1) is 15.7 Å². The highest BCUT2D eigenvalue weighted by Crippen LogP contribution is 2.41. The van der Waals surface area contributed by atoms with Crippen LogP contribution in [0.5, 0.6) is 11.5 Å². The summed E-state index contributed by atoms with van der Waals surface area (Å²) in [7, 11) is 0. The van der Waals surface area contributed by atoms with Crippen LogP contribution in [0.2, 0.25) is 0 Å². The van der Waals surface area contributed by atoms with E-state index in [-0.39, 0.29) is 5.91 Å². The van der Waals surface area contributed by atoms with Gasteiger partial charge in [-0.25, -0.2) is 4.99 Å². The normalized spacial score (nSPS) is 12.8. The zero-order valence-electron chi connectivity index (χ0n) is 21.5. The highest BCUT2D eigenvalue weighted by molar-refractivity contribution is 14.1. The molecule has 39 heavy (non-hydrogen) atoms. The minimum Gasteiger partial charge on any atom is -0.490 e. The SMILES string of the molecule is CCOc1cc(C=Nc2sc3c(c2C(=O)Nc2ccccc2)CCCC3)cc(I)c1OCc1ccc(Br)cc1. The monoisotopic (exact) mass is 714 g/mol. The molecule has 0 radical (unpaired) electrons. The minimum absolute atomic E-state index is 0.103. The van der Waals surface area contributed by atoms with Gasteiger partial charge in [-0.3, -0.25) is 4.79 Å².